The lowest BCUT2D eigenvalue weighted by Gasteiger charge is -2.15. The maximum atomic E-state index is 13.0. The lowest BCUT2D eigenvalue weighted by Crippen LogP contribution is -2.32. The van der Waals surface area contributed by atoms with Crippen molar-refractivity contribution in [3.63, 3.8) is 0 Å². The van der Waals surface area contributed by atoms with Gasteiger partial charge in [0.05, 0.1) is 6.54 Å². The molecule has 1 aromatic rings. The van der Waals surface area contributed by atoms with E-state index in [1.54, 1.807) is 25.1 Å². The summed E-state index contributed by atoms with van der Waals surface area (Å²) in [5.41, 5.74) is 6.67. The molecule has 0 saturated heterocycles. The summed E-state index contributed by atoms with van der Waals surface area (Å²) < 4.78 is 13.0. The summed E-state index contributed by atoms with van der Waals surface area (Å²) in [5, 5.41) is 2.53. The molecular weight excluding hydrogens is 209 g/mol. The molecule has 0 radical (unpaired) electrons. The van der Waals surface area contributed by atoms with E-state index in [1.165, 1.54) is 12.1 Å². The van der Waals surface area contributed by atoms with Gasteiger partial charge in [-0.25, -0.2) is 4.39 Å². The van der Waals surface area contributed by atoms with Gasteiger partial charge in [-0.15, -0.1) is 0 Å². The minimum Gasteiger partial charge on any atom is -0.399 e. The van der Waals surface area contributed by atoms with Crippen LogP contribution >= 0.6 is 0 Å². The third-order valence-electron chi connectivity index (χ3n) is 2.12. The number of nitrogen functional groups attached to an aromatic ring is 1. The number of carbonyl (C=O) groups excluding carboxylic acids is 1. The zero-order valence-corrected chi connectivity index (χ0v) is 9.46. The van der Waals surface area contributed by atoms with Gasteiger partial charge in [0.2, 0.25) is 5.91 Å². The van der Waals surface area contributed by atoms with Crippen molar-refractivity contribution in [1.29, 1.82) is 0 Å². The van der Waals surface area contributed by atoms with E-state index in [9.17, 15) is 9.18 Å². The standard InChI is InChI=1S/C11H16FN3O/c1-14-11(16)7-15(2)6-8-3-9(12)5-10(13)4-8/h3-5H,6-7,13H2,1-2H3,(H,14,16). The predicted octanol–water partition coefficient (Wildman–Crippen LogP) is 0.586. The number of carbonyl (C=O) groups is 1. The molecular formula is C11H16FN3O. The van der Waals surface area contributed by atoms with Crippen molar-refractivity contribution in [3.05, 3.63) is 29.6 Å². The third kappa shape index (κ3) is 3.86. The lowest BCUT2D eigenvalue weighted by molar-refractivity contribution is -0.121. The number of halogens is 1. The zero-order chi connectivity index (χ0) is 12.1. The molecule has 0 bridgehead atoms. The topological polar surface area (TPSA) is 58.4 Å². The molecule has 0 aliphatic heterocycles. The van der Waals surface area contributed by atoms with Crippen molar-refractivity contribution < 1.29 is 9.18 Å². The van der Waals surface area contributed by atoms with E-state index in [1.807, 2.05) is 0 Å². The van der Waals surface area contributed by atoms with Crippen LogP contribution in [0, 0.1) is 5.82 Å². The number of nitrogens with two attached hydrogens (primary N) is 1. The van der Waals surface area contributed by atoms with Gasteiger partial charge < -0.3 is 11.1 Å². The molecule has 1 rings (SSSR count). The highest BCUT2D eigenvalue weighted by molar-refractivity contribution is 5.77. The van der Waals surface area contributed by atoms with Crippen LogP contribution in [-0.4, -0.2) is 31.4 Å². The highest BCUT2D eigenvalue weighted by atomic mass is 19.1. The second-order valence-corrected chi connectivity index (χ2v) is 3.74. The SMILES string of the molecule is CNC(=O)CN(C)Cc1cc(N)cc(F)c1. The Bertz CT molecular complexity index is 361. The van der Waals surface area contributed by atoms with Gasteiger partial charge in [-0.1, -0.05) is 0 Å². The summed E-state index contributed by atoms with van der Waals surface area (Å²) in [7, 11) is 3.37. The maximum Gasteiger partial charge on any atom is 0.233 e. The van der Waals surface area contributed by atoms with E-state index in [2.05, 4.69) is 5.32 Å². The molecule has 0 aliphatic carbocycles. The van der Waals surface area contributed by atoms with Crippen LogP contribution in [0.5, 0.6) is 0 Å². The number of hydrogen-bond donors (Lipinski definition) is 2. The van der Waals surface area contributed by atoms with E-state index in [0.29, 0.717) is 12.2 Å². The molecule has 88 valence electrons. The Morgan fingerprint density at radius 2 is 2.19 bits per heavy atom. The number of nitrogens with zero attached hydrogens (tertiary/aromatic N) is 1. The number of rotatable bonds is 4. The van der Waals surface area contributed by atoms with Gasteiger partial charge in [0.1, 0.15) is 5.82 Å². The second-order valence-electron chi connectivity index (χ2n) is 3.74. The van der Waals surface area contributed by atoms with Gasteiger partial charge >= 0.3 is 0 Å². The normalized spacial score (nSPS) is 10.5. The first kappa shape index (κ1) is 12.4. The highest BCUT2D eigenvalue weighted by Crippen LogP contribution is 2.12. The molecule has 0 spiro atoms. The Balaban J connectivity index is 2.62. The minimum absolute atomic E-state index is 0.0770. The van der Waals surface area contributed by atoms with Gasteiger partial charge in [-0.3, -0.25) is 9.69 Å². The quantitative estimate of drug-likeness (QED) is 0.737. The molecule has 0 saturated carbocycles. The fraction of sp³-hybridized carbons (Fsp3) is 0.364. The molecule has 3 N–H and O–H groups in total. The molecule has 1 amide bonds. The Kier molecular flexibility index (Phi) is 4.25. The summed E-state index contributed by atoms with van der Waals surface area (Å²) in [5.74, 6) is -0.435. The molecule has 5 heteroatoms. The molecule has 0 unspecified atom stereocenters. The summed E-state index contributed by atoms with van der Waals surface area (Å²) in [4.78, 5) is 12.9. The Morgan fingerprint density at radius 3 is 2.75 bits per heavy atom. The molecule has 0 fully saturated rings. The Morgan fingerprint density at radius 1 is 1.50 bits per heavy atom. The second kappa shape index (κ2) is 5.46. The first-order valence-corrected chi connectivity index (χ1v) is 4.95. The molecule has 1 aromatic carbocycles. The van der Waals surface area contributed by atoms with Crippen LogP contribution in [0.4, 0.5) is 10.1 Å². The van der Waals surface area contributed by atoms with E-state index in [-0.39, 0.29) is 18.3 Å². The van der Waals surface area contributed by atoms with E-state index >= 15 is 0 Å². The van der Waals surface area contributed by atoms with Crippen LogP contribution < -0.4 is 11.1 Å². The molecule has 0 heterocycles. The Hall–Kier alpha value is -1.62. The van der Waals surface area contributed by atoms with Crippen molar-refractivity contribution >= 4 is 11.6 Å². The lowest BCUT2D eigenvalue weighted by atomic mass is 10.2. The zero-order valence-electron chi connectivity index (χ0n) is 9.46. The first-order valence-electron chi connectivity index (χ1n) is 4.95. The average molecular weight is 225 g/mol. The smallest absolute Gasteiger partial charge is 0.233 e. The van der Waals surface area contributed by atoms with Crippen LogP contribution in [0.3, 0.4) is 0 Å². The van der Waals surface area contributed by atoms with E-state index in [4.69, 9.17) is 5.73 Å². The number of anilines is 1. The van der Waals surface area contributed by atoms with E-state index in [0.717, 1.165) is 5.56 Å². The summed E-state index contributed by atoms with van der Waals surface area (Å²) in [6.07, 6.45) is 0. The van der Waals surface area contributed by atoms with Crippen LogP contribution in [0.15, 0.2) is 18.2 Å². The predicted molar refractivity (Wildman–Crippen MR) is 61.2 cm³/mol. The number of hydrogen-bond acceptors (Lipinski definition) is 3. The largest absolute Gasteiger partial charge is 0.399 e. The van der Waals surface area contributed by atoms with E-state index < -0.39 is 0 Å². The molecule has 0 aliphatic rings. The summed E-state index contributed by atoms with van der Waals surface area (Å²) >= 11 is 0. The van der Waals surface area contributed by atoms with Crippen molar-refractivity contribution in [2.24, 2.45) is 0 Å². The molecule has 0 atom stereocenters. The van der Waals surface area contributed by atoms with Gasteiger partial charge in [0.25, 0.3) is 0 Å². The monoisotopic (exact) mass is 225 g/mol. The van der Waals surface area contributed by atoms with Crippen LogP contribution in [-0.2, 0) is 11.3 Å². The van der Waals surface area contributed by atoms with Crippen molar-refractivity contribution in [3.8, 4) is 0 Å². The van der Waals surface area contributed by atoms with Crippen molar-refractivity contribution in [2.45, 2.75) is 6.54 Å². The van der Waals surface area contributed by atoms with Crippen LogP contribution in [0.25, 0.3) is 0 Å². The van der Waals surface area contributed by atoms with Crippen molar-refractivity contribution in [2.75, 3.05) is 26.4 Å². The maximum absolute atomic E-state index is 13.0. The molecule has 16 heavy (non-hydrogen) atoms. The van der Waals surface area contributed by atoms with Crippen LogP contribution in [0.2, 0.25) is 0 Å². The van der Waals surface area contributed by atoms with Crippen LogP contribution in [0.1, 0.15) is 5.56 Å². The highest BCUT2D eigenvalue weighted by Gasteiger charge is 2.06. The fourth-order valence-electron chi connectivity index (χ4n) is 1.46. The van der Waals surface area contributed by atoms with Gasteiger partial charge in [0, 0.05) is 19.3 Å². The number of amides is 1. The molecule has 4 nitrogen and oxygen atoms in total. The molecule has 0 aromatic heterocycles. The number of likely N-dealkylation sites (N-methyl/N-ethyl adjacent to an activating group) is 2. The number of benzene rings is 1. The first-order chi connectivity index (χ1) is 7.51. The average Bonchev–Trinajstić information content (AvgIpc) is 2.15. The van der Waals surface area contributed by atoms with Gasteiger partial charge in [-0.2, -0.15) is 0 Å². The summed E-state index contributed by atoms with van der Waals surface area (Å²) in [6.45, 7) is 0.752. The fourth-order valence-corrected chi connectivity index (χ4v) is 1.46. The van der Waals surface area contributed by atoms with Crippen molar-refractivity contribution in [1.82, 2.24) is 10.2 Å². The Labute approximate surface area is 94.2 Å². The third-order valence-corrected chi connectivity index (χ3v) is 2.12. The number of nitrogens with one attached hydrogen (secondary N) is 1. The van der Waals surface area contributed by atoms with Gasteiger partial charge in [0.15, 0.2) is 0 Å². The minimum atomic E-state index is -0.358. The van der Waals surface area contributed by atoms with Gasteiger partial charge in [-0.05, 0) is 30.8 Å². The summed E-state index contributed by atoms with van der Waals surface area (Å²) in [6, 6.07) is 4.38.